The van der Waals surface area contributed by atoms with Gasteiger partial charge in [0.1, 0.15) is 5.75 Å². The summed E-state index contributed by atoms with van der Waals surface area (Å²) in [5, 5.41) is 3.24. The van der Waals surface area contributed by atoms with Crippen molar-refractivity contribution in [3.05, 3.63) is 28.8 Å². The van der Waals surface area contributed by atoms with E-state index >= 15 is 0 Å². The van der Waals surface area contributed by atoms with Crippen molar-refractivity contribution in [2.24, 2.45) is 5.92 Å². The quantitative estimate of drug-likeness (QED) is 0.903. The molecule has 0 aromatic heterocycles. The van der Waals surface area contributed by atoms with Crippen LogP contribution in [0.2, 0.25) is 5.02 Å². The van der Waals surface area contributed by atoms with Crippen molar-refractivity contribution >= 4 is 11.6 Å². The molecule has 0 saturated carbocycles. The van der Waals surface area contributed by atoms with Crippen molar-refractivity contribution in [2.45, 2.75) is 12.3 Å². The Kier molecular flexibility index (Phi) is 3.54. The molecule has 1 aromatic carbocycles. The Balaban J connectivity index is 2.39. The molecular formula is C12H14ClF2NO. The molecule has 1 atom stereocenters. The highest BCUT2D eigenvalue weighted by Crippen LogP contribution is 2.43. The van der Waals surface area contributed by atoms with Gasteiger partial charge in [-0.1, -0.05) is 11.6 Å². The van der Waals surface area contributed by atoms with E-state index in [1.165, 1.54) is 19.2 Å². The maximum atomic E-state index is 14.3. The highest BCUT2D eigenvalue weighted by atomic mass is 35.5. The molecule has 1 aromatic rings. The van der Waals surface area contributed by atoms with Crippen molar-refractivity contribution in [3.8, 4) is 5.75 Å². The Morgan fingerprint density at radius 2 is 2.24 bits per heavy atom. The van der Waals surface area contributed by atoms with Gasteiger partial charge in [-0.3, -0.25) is 0 Å². The molecule has 1 unspecified atom stereocenters. The number of hydrogen-bond acceptors (Lipinski definition) is 2. The molecule has 1 saturated heterocycles. The van der Waals surface area contributed by atoms with E-state index in [4.69, 9.17) is 16.3 Å². The van der Waals surface area contributed by atoms with Gasteiger partial charge in [0.2, 0.25) is 0 Å². The first-order valence-electron chi connectivity index (χ1n) is 5.48. The van der Waals surface area contributed by atoms with Crippen molar-refractivity contribution in [3.63, 3.8) is 0 Å². The second-order valence-electron chi connectivity index (χ2n) is 4.16. The third-order valence-corrected chi connectivity index (χ3v) is 3.33. The molecule has 94 valence electrons. The molecule has 17 heavy (non-hydrogen) atoms. The van der Waals surface area contributed by atoms with Crippen LogP contribution in [0.5, 0.6) is 5.75 Å². The van der Waals surface area contributed by atoms with Crippen molar-refractivity contribution in [2.75, 3.05) is 20.2 Å². The highest BCUT2D eigenvalue weighted by molar-refractivity contribution is 6.30. The van der Waals surface area contributed by atoms with E-state index in [1.54, 1.807) is 6.07 Å². The Morgan fingerprint density at radius 3 is 2.82 bits per heavy atom. The molecule has 0 aliphatic carbocycles. The minimum absolute atomic E-state index is 0.124. The van der Waals surface area contributed by atoms with Crippen LogP contribution in [0.15, 0.2) is 18.2 Å². The number of alkyl halides is 2. The first-order chi connectivity index (χ1) is 8.05. The van der Waals surface area contributed by atoms with Crippen molar-refractivity contribution < 1.29 is 13.5 Å². The lowest BCUT2D eigenvalue weighted by atomic mass is 9.93. The highest BCUT2D eigenvalue weighted by Gasteiger charge is 2.44. The van der Waals surface area contributed by atoms with Gasteiger partial charge in [-0.25, -0.2) is 8.78 Å². The fourth-order valence-electron chi connectivity index (χ4n) is 2.12. The van der Waals surface area contributed by atoms with Gasteiger partial charge in [-0.15, -0.1) is 0 Å². The standard InChI is InChI=1S/C12H14ClF2NO/c1-17-11-3-2-9(13)6-10(11)12(14,15)8-4-5-16-7-8/h2-3,6,8,16H,4-5,7H2,1H3. The normalized spacial score (nSPS) is 20.6. The first-order valence-corrected chi connectivity index (χ1v) is 5.86. The van der Waals surface area contributed by atoms with Gasteiger partial charge in [-0.05, 0) is 31.2 Å². The van der Waals surface area contributed by atoms with Crippen LogP contribution < -0.4 is 10.1 Å². The van der Waals surface area contributed by atoms with Crippen LogP contribution in [0.25, 0.3) is 0 Å². The van der Waals surface area contributed by atoms with Crippen LogP contribution >= 0.6 is 11.6 Å². The van der Waals surface area contributed by atoms with E-state index in [1.807, 2.05) is 0 Å². The van der Waals surface area contributed by atoms with Crippen LogP contribution in [0.1, 0.15) is 12.0 Å². The predicted octanol–water partition coefficient (Wildman–Crippen LogP) is 3.05. The fraction of sp³-hybridized carbons (Fsp3) is 0.500. The molecule has 2 nitrogen and oxygen atoms in total. The van der Waals surface area contributed by atoms with Gasteiger partial charge in [0, 0.05) is 17.5 Å². The minimum atomic E-state index is -2.92. The zero-order valence-electron chi connectivity index (χ0n) is 9.47. The molecule has 0 amide bonds. The topological polar surface area (TPSA) is 21.3 Å². The van der Waals surface area contributed by atoms with Crippen LogP contribution in [-0.4, -0.2) is 20.2 Å². The number of hydrogen-bond donors (Lipinski definition) is 1. The maximum absolute atomic E-state index is 14.3. The van der Waals surface area contributed by atoms with Gasteiger partial charge >= 0.3 is 0 Å². The summed E-state index contributed by atoms with van der Waals surface area (Å²) in [4.78, 5) is 0. The Labute approximate surface area is 104 Å². The number of rotatable bonds is 3. The molecule has 1 N–H and O–H groups in total. The molecule has 1 fully saturated rings. The molecule has 5 heteroatoms. The van der Waals surface area contributed by atoms with Crippen LogP contribution in [-0.2, 0) is 5.92 Å². The van der Waals surface area contributed by atoms with E-state index in [2.05, 4.69) is 5.32 Å². The Morgan fingerprint density at radius 1 is 1.47 bits per heavy atom. The van der Waals surface area contributed by atoms with Crippen LogP contribution in [0.4, 0.5) is 8.78 Å². The summed E-state index contributed by atoms with van der Waals surface area (Å²) >= 11 is 5.78. The average molecular weight is 262 g/mol. The van der Waals surface area contributed by atoms with Gasteiger partial charge in [0.15, 0.2) is 0 Å². The zero-order valence-corrected chi connectivity index (χ0v) is 10.2. The van der Waals surface area contributed by atoms with Crippen LogP contribution in [0, 0.1) is 5.92 Å². The van der Waals surface area contributed by atoms with Crippen molar-refractivity contribution in [1.29, 1.82) is 0 Å². The Bertz CT molecular complexity index is 405. The molecule has 1 heterocycles. The average Bonchev–Trinajstić information content (AvgIpc) is 2.83. The summed E-state index contributed by atoms with van der Waals surface area (Å²) in [6.07, 6.45) is 0.461. The lowest BCUT2D eigenvalue weighted by molar-refractivity contribution is -0.0591. The fourth-order valence-corrected chi connectivity index (χ4v) is 2.30. The van der Waals surface area contributed by atoms with E-state index in [9.17, 15) is 8.78 Å². The van der Waals surface area contributed by atoms with Gasteiger partial charge in [-0.2, -0.15) is 0 Å². The molecule has 2 rings (SSSR count). The summed E-state index contributed by atoms with van der Waals surface area (Å²) in [5.41, 5.74) is -0.124. The summed E-state index contributed by atoms with van der Waals surface area (Å²) in [5.74, 6) is -3.43. The monoisotopic (exact) mass is 261 g/mol. The Hall–Kier alpha value is -0.870. The number of halogens is 3. The maximum Gasteiger partial charge on any atom is 0.280 e. The summed E-state index contributed by atoms with van der Waals surface area (Å²) in [7, 11) is 1.38. The summed E-state index contributed by atoms with van der Waals surface area (Å²) in [6.45, 7) is 0.950. The molecule has 0 spiro atoms. The predicted molar refractivity (Wildman–Crippen MR) is 62.9 cm³/mol. The minimum Gasteiger partial charge on any atom is -0.496 e. The lowest BCUT2D eigenvalue weighted by Crippen LogP contribution is -2.28. The number of methoxy groups -OCH3 is 1. The zero-order chi connectivity index (χ0) is 12.5. The smallest absolute Gasteiger partial charge is 0.280 e. The number of benzene rings is 1. The largest absolute Gasteiger partial charge is 0.496 e. The van der Waals surface area contributed by atoms with E-state index < -0.39 is 11.8 Å². The summed E-state index contributed by atoms with van der Waals surface area (Å²) < 4.78 is 33.6. The first kappa shape index (κ1) is 12.6. The third-order valence-electron chi connectivity index (χ3n) is 3.09. The molecule has 1 aliphatic rings. The second-order valence-corrected chi connectivity index (χ2v) is 4.59. The summed E-state index contributed by atoms with van der Waals surface area (Å²) in [6, 6.07) is 4.32. The SMILES string of the molecule is COc1ccc(Cl)cc1C(F)(F)C1CCNC1. The van der Waals surface area contributed by atoms with E-state index in [0.717, 1.165) is 0 Å². The third kappa shape index (κ3) is 2.38. The lowest BCUT2D eigenvalue weighted by Gasteiger charge is -2.24. The molecule has 0 radical (unpaired) electrons. The van der Waals surface area contributed by atoms with E-state index in [0.29, 0.717) is 24.5 Å². The van der Waals surface area contributed by atoms with E-state index in [-0.39, 0.29) is 11.3 Å². The van der Waals surface area contributed by atoms with Gasteiger partial charge < -0.3 is 10.1 Å². The number of ether oxygens (including phenoxy) is 1. The van der Waals surface area contributed by atoms with Gasteiger partial charge in [0.25, 0.3) is 5.92 Å². The second kappa shape index (κ2) is 4.78. The molecular weight excluding hydrogens is 248 g/mol. The van der Waals surface area contributed by atoms with Gasteiger partial charge in [0.05, 0.1) is 12.7 Å². The molecule has 0 bridgehead atoms. The number of nitrogens with one attached hydrogen (secondary N) is 1. The van der Waals surface area contributed by atoms with Crippen molar-refractivity contribution in [1.82, 2.24) is 5.32 Å². The molecule has 1 aliphatic heterocycles. The van der Waals surface area contributed by atoms with Crippen LogP contribution in [0.3, 0.4) is 0 Å².